The lowest BCUT2D eigenvalue weighted by Crippen LogP contribution is -2.38. The molecule has 2 aliphatic heterocycles. The van der Waals surface area contributed by atoms with Crippen LogP contribution in [0.15, 0.2) is 48.5 Å². The highest BCUT2D eigenvalue weighted by Crippen LogP contribution is 2.28. The molecule has 0 atom stereocenters. The maximum absolute atomic E-state index is 13.2. The molecule has 3 aromatic rings. The molecule has 2 aliphatic rings. The number of carbonyl (C=O) groups excluding carboxylic acids is 2. The van der Waals surface area contributed by atoms with Gasteiger partial charge in [-0.3, -0.25) is 9.78 Å². The van der Waals surface area contributed by atoms with Gasteiger partial charge in [-0.15, -0.1) is 0 Å². The first-order chi connectivity index (χ1) is 15.1. The first-order valence-corrected chi connectivity index (χ1v) is 10.7. The van der Waals surface area contributed by atoms with E-state index < -0.39 is 5.97 Å². The second-order valence-corrected chi connectivity index (χ2v) is 8.33. The van der Waals surface area contributed by atoms with E-state index in [1.807, 2.05) is 49.5 Å². The highest BCUT2D eigenvalue weighted by Gasteiger charge is 2.27. The zero-order chi connectivity index (χ0) is 21.4. The molecule has 0 spiro atoms. The van der Waals surface area contributed by atoms with Crippen molar-refractivity contribution in [2.45, 2.75) is 25.9 Å². The van der Waals surface area contributed by atoms with Gasteiger partial charge in [0.05, 0.1) is 11.1 Å². The van der Waals surface area contributed by atoms with Crippen LogP contribution < -0.4 is 0 Å². The van der Waals surface area contributed by atoms with Gasteiger partial charge in [-0.25, -0.2) is 4.79 Å². The summed E-state index contributed by atoms with van der Waals surface area (Å²) in [4.78, 5) is 34.7. The lowest BCUT2D eigenvalue weighted by atomic mass is 9.96. The van der Waals surface area contributed by atoms with Crippen molar-refractivity contribution in [2.24, 2.45) is 0 Å². The third-order valence-electron chi connectivity index (χ3n) is 6.25. The maximum Gasteiger partial charge on any atom is 0.339 e. The molecular formula is C25H25N3O3. The van der Waals surface area contributed by atoms with Gasteiger partial charge in [0.2, 0.25) is 0 Å². The molecule has 0 N–H and O–H groups in total. The summed E-state index contributed by atoms with van der Waals surface area (Å²) >= 11 is 0. The number of rotatable bonds is 3. The van der Waals surface area contributed by atoms with Crippen molar-refractivity contribution >= 4 is 22.8 Å². The molecule has 2 aromatic carbocycles. The number of aromatic nitrogens is 1. The minimum atomic E-state index is -0.448. The van der Waals surface area contributed by atoms with E-state index in [0.717, 1.165) is 47.1 Å². The molecule has 1 aromatic heterocycles. The third kappa shape index (κ3) is 3.79. The Morgan fingerprint density at radius 2 is 1.74 bits per heavy atom. The summed E-state index contributed by atoms with van der Waals surface area (Å²) in [6.07, 6.45) is 1.62. The number of amides is 1. The SMILES string of the molecule is CN1CCc2nc3ccccc3c(C(=O)OCC(=O)N3CCc4ccccc4C3)c2C1. The number of likely N-dealkylation sites (N-methyl/N-ethyl adjacent to an activating group) is 1. The first-order valence-electron chi connectivity index (χ1n) is 10.7. The highest BCUT2D eigenvalue weighted by molar-refractivity contribution is 6.05. The minimum Gasteiger partial charge on any atom is -0.452 e. The smallest absolute Gasteiger partial charge is 0.339 e. The van der Waals surface area contributed by atoms with Crippen LogP contribution in [0.5, 0.6) is 0 Å². The molecule has 0 unspecified atom stereocenters. The van der Waals surface area contributed by atoms with Crippen LogP contribution in [0.1, 0.15) is 32.7 Å². The van der Waals surface area contributed by atoms with Crippen molar-refractivity contribution in [2.75, 3.05) is 26.7 Å². The average molecular weight is 415 g/mol. The van der Waals surface area contributed by atoms with Gasteiger partial charge < -0.3 is 14.5 Å². The van der Waals surface area contributed by atoms with Gasteiger partial charge >= 0.3 is 5.97 Å². The predicted molar refractivity (Wildman–Crippen MR) is 118 cm³/mol. The largest absolute Gasteiger partial charge is 0.452 e. The molecular weight excluding hydrogens is 390 g/mol. The summed E-state index contributed by atoms with van der Waals surface area (Å²) < 4.78 is 5.56. The molecule has 5 rings (SSSR count). The summed E-state index contributed by atoms with van der Waals surface area (Å²) in [5.74, 6) is -0.608. The molecule has 1 amide bonds. The van der Waals surface area contributed by atoms with Gasteiger partial charge in [-0.1, -0.05) is 42.5 Å². The van der Waals surface area contributed by atoms with Gasteiger partial charge in [0.1, 0.15) is 0 Å². The Bertz CT molecular complexity index is 1170. The normalized spacial score (nSPS) is 16.0. The van der Waals surface area contributed by atoms with Gasteiger partial charge in [-0.2, -0.15) is 0 Å². The Labute approximate surface area is 181 Å². The lowest BCUT2D eigenvalue weighted by molar-refractivity contribution is -0.135. The molecule has 0 saturated carbocycles. The van der Waals surface area contributed by atoms with E-state index >= 15 is 0 Å². The second-order valence-electron chi connectivity index (χ2n) is 8.33. The number of carbonyl (C=O) groups is 2. The molecule has 3 heterocycles. The van der Waals surface area contributed by atoms with Gasteiger partial charge in [0, 0.05) is 49.2 Å². The fourth-order valence-corrected chi connectivity index (χ4v) is 4.56. The van der Waals surface area contributed by atoms with E-state index in [-0.39, 0.29) is 12.5 Å². The number of hydrogen-bond acceptors (Lipinski definition) is 5. The van der Waals surface area contributed by atoms with Crippen LogP contribution in [0.4, 0.5) is 0 Å². The molecule has 0 bridgehead atoms. The minimum absolute atomic E-state index is 0.160. The van der Waals surface area contributed by atoms with E-state index in [2.05, 4.69) is 11.0 Å². The number of esters is 1. The van der Waals surface area contributed by atoms with Crippen LogP contribution in [0, 0.1) is 0 Å². The van der Waals surface area contributed by atoms with E-state index in [0.29, 0.717) is 25.2 Å². The topological polar surface area (TPSA) is 62.7 Å². The third-order valence-corrected chi connectivity index (χ3v) is 6.25. The summed E-state index contributed by atoms with van der Waals surface area (Å²) in [5, 5.41) is 0.779. The average Bonchev–Trinajstić information content (AvgIpc) is 2.80. The van der Waals surface area contributed by atoms with Crippen LogP contribution in [0.2, 0.25) is 0 Å². The molecule has 0 aliphatic carbocycles. The number of fused-ring (bicyclic) bond motifs is 3. The van der Waals surface area contributed by atoms with Crippen molar-refractivity contribution in [1.82, 2.24) is 14.8 Å². The number of hydrogen-bond donors (Lipinski definition) is 0. The van der Waals surface area contributed by atoms with Crippen molar-refractivity contribution in [3.05, 3.63) is 76.5 Å². The predicted octanol–water partition coefficient (Wildman–Crippen LogP) is 2.96. The summed E-state index contributed by atoms with van der Waals surface area (Å²) in [5.41, 5.74) is 5.63. The Hall–Kier alpha value is -3.25. The van der Waals surface area contributed by atoms with Crippen molar-refractivity contribution in [3.63, 3.8) is 0 Å². The first kappa shape index (κ1) is 19.7. The molecule has 0 saturated heterocycles. The fourth-order valence-electron chi connectivity index (χ4n) is 4.56. The molecule has 0 radical (unpaired) electrons. The number of ether oxygens (including phenoxy) is 1. The molecule has 158 valence electrons. The summed E-state index contributed by atoms with van der Waals surface area (Å²) in [7, 11) is 2.03. The zero-order valence-corrected chi connectivity index (χ0v) is 17.6. The van der Waals surface area contributed by atoms with E-state index in [1.54, 1.807) is 4.90 Å². The lowest BCUT2D eigenvalue weighted by Gasteiger charge is -2.29. The van der Waals surface area contributed by atoms with Crippen molar-refractivity contribution in [1.29, 1.82) is 0 Å². The Morgan fingerprint density at radius 1 is 0.968 bits per heavy atom. The fraction of sp³-hybridized carbons (Fsp3) is 0.320. The summed E-state index contributed by atoms with van der Waals surface area (Å²) in [6.45, 7) is 2.51. The quantitative estimate of drug-likeness (QED) is 0.616. The van der Waals surface area contributed by atoms with E-state index in [9.17, 15) is 9.59 Å². The maximum atomic E-state index is 13.2. The van der Waals surface area contributed by atoms with Gasteiger partial charge in [0.15, 0.2) is 6.61 Å². The Morgan fingerprint density at radius 3 is 2.61 bits per heavy atom. The Balaban J connectivity index is 1.36. The number of pyridine rings is 1. The highest BCUT2D eigenvalue weighted by atomic mass is 16.5. The van der Waals surface area contributed by atoms with Crippen LogP contribution in [-0.4, -0.2) is 53.4 Å². The number of benzene rings is 2. The van der Waals surface area contributed by atoms with E-state index in [4.69, 9.17) is 9.72 Å². The summed E-state index contributed by atoms with van der Waals surface area (Å²) in [6, 6.07) is 15.8. The van der Waals surface area contributed by atoms with Crippen LogP contribution >= 0.6 is 0 Å². The van der Waals surface area contributed by atoms with Crippen LogP contribution in [-0.2, 0) is 35.5 Å². The standard InChI is InChI=1S/C25H25N3O3/c1-27-12-11-22-20(15-27)24(19-8-4-5-9-21(19)26-22)25(30)31-16-23(29)28-13-10-17-6-2-3-7-18(17)14-28/h2-9H,10-16H2,1H3. The zero-order valence-electron chi connectivity index (χ0n) is 17.6. The molecule has 6 nitrogen and oxygen atoms in total. The van der Waals surface area contributed by atoms with Crippen LogP contribution in [0.3, 0.4) is 0 Å². The van der Waals surface area contributed by atoms with Crippen molar-refractivity contribution < 1.29 is 14.3 Å². The number of nitrogens with zero attached hydrogens (tertiary/aromatic N) is 3. The number of para-hydroxylation sites is 1. The second kappa shape index (κ2) is 8.12. The molecule has 0 fully saturated rings. The molecule has 6 heteroatoms. The Kier molecular flexibility index (Phi) is 5.16. The van der Waals surface area contributed by atoms with Crippen molar-refractivity contribution in [3.8, 4) is 0 Å². The van der Waals surface area contributed by atoms with Gasteiger partial charge in [-0.05, 0) is 30.7 Å². The van der Waals surface area contributed by atoms with Crippen LogP contribution in [0.25, 0.3) is 10.9 Å². The molecule has 31 heavy (non-hydrogen) atoms. The van der Waals surface area contributed by atoms with E-state index in [1.165, 1.54) is 5.56 Å². The monoisotopic (exact) mass is 415 g/mol. The van der Waals surface area contributed by atoms with Gasteiger partial charge in [0.25, 0.3) is 5.91 Å².